The molecule has 29 heavy (non-hydrogen) atoms. The zero-order valence-electron chi connectivity index (χ0n) is 17.7. The minimum absolute atomic E-state index is 0.153. The first kappa shape index (κ1) is 18.9. The van der Waals surface area contributed by atoms with Crippen molar-refractivity contribution in [1.29, 1.82) is 0 Å². The normalized spacial score (nSPS) is 21.2. The molecule has 4 heteroatoms. The zero-order chi connectivity index (χ0) is 19.8. The van der Waals surface area contributed by atoms with Gasteiger partial charge >= 0.3 is 0 Å². The highest BCUT2D eigenvalue weighted by molar-refractivity contribution is 6.26. The van der Waals surface area contributed by atoms with Crippen molar-refractivity contribution in [2.24, 2.45) is 5.92 Å². The molecule has 2 heterocycles. The molecule has 2 aromatic rings. The molecular weight excluding hydrogens is 358 g/mol. The maximum absolute atomic E-state index is 12.8. The molecule has 0 bridgehead atoms. The molecule has 0 radical (unpaired) electrons. The van der Waals surface area contributed by atoms with Gasteiger partial charge in [0, 0.05) is 54.7 Å². The molecule has 154 valence electrons. The van der Waals surface area contributed by atoms with Crippen LogP contribution in [-0.4, -0.2) is 50.1 Å². The van der Waals surface area contributed by atoms with Crippen LogP contribution in [0, 0.1) is 5.92 Å². The van der Waals surface area contributed by atoms with E-state index in [4.69, 9.17) is 0 Å². The van der Waals surface area contributed by atoms with Gasteiger partial charge in [-0.05, 0) is 56.8 Å². The third kappa shape index (κ3) is 3.42. The highest BCUT2D eigenvalue weighted by atomic mass is 16.2. The van der Waals surface area contributed by atoms with Crippen LogP contribution in [-0.2, 0) is 0 Å². The van der Waals surface area contributed by atoms with Crippen molar-refractivity contribution in [3.63, 3.8) is 0 Å². The number of amides is 1. The summed E-state index contributed by atoms with van der Waals surface area (Å²) in [6.45, 7) is 8.62. The lowest BCUT2D eigenvalue weighted by Crippen LogP contribution is -2.34. The fraction of sp³-hybridized carbons (Fsp3) is 0.560. The Hall–Kier alpha value is -2.07. The largest absolute Gasteiger partial charge is 0.370 e. The molecule has 0 atom stereocenters. The van der Waals surface area contributed by atoms with Crippen molar-refractivity contribution >= 4 is 28.1 Å². The molecule has 1 aliphatic carbocycles. The summed E-state index contributed by atoms with van der Waals surface area (Å²) in [5.74, 6) is 1.07. The standard InChI is InChI=1S/C25H33N3O/c1-2-28-23-13-12-22(20-10-6-11-21(24(20)23)25(28)29)27-15-7-14-26(16-17-27)18-19-8-4-3-5-9-19/h6,10-13,19H,2-5,7-9,14-18H2,1H3. The molecule has 0 spiro atoms. The number of rotatable bonds is 4. The Balaban J connectivity index is 1.38. The van der Waals surface area contributed by atoms with Gasteiger partial charge in [0.2, 0.25) is 0 Å². The summed E-state index contributed by atoms with van der Waals surface area (Å²) in [6, 6.07) is 10.7. The first-order valence-corrected chi connectivity index (χ1v) is 11.6. The third-order valence-electron chi connectivity index (χ3n) is 7.25. The van der Waals surface area contributed by atoms with E-state index in [-0.39, 0.29) is 5.91 Å². The highest BCUT2D eigenvalue weighted by Crippen LogP contribution is 2.41. The van der Waals surface area contributed by atoms with Crippen molar-refractivity contribution in [1.82, 2.24) is 4.90 Å². The second-order valence-corrected chi connectivity index (χ2v) is 9.03. The Morgan fingerprint density at radius 2 is 1.72 bits per heavy atom. The summed E-state index contributed by atoms with van der Waals surface area (Å²) < 4.78 is 0. The van der Waals surface area contributed by atoms with E-state index in [2.05, 4.69) is 41.0 Å². The van der Waals surface area contributed by atoms with E-state index in [0.717, 1.165) is 48.7 Å². The summed E-state index contributed by atoms with van der Waals surface area (Å²) in [4.78, 5) is 20.0. The summed E-state index contributed by atoms with van der Waals surface area (Å²) in [5, 5.41) is 2.39. The van der Waals surface area contributed by atoms with Gasteiger partial charge in [0.15, 0.2) is 0 Å². The first-order chi connectivity index (χ1) is 14.3. The monoisotopic (exact) mass is 391 g/mol. The lowest BCUT2D eigenvalue weighted by Gasteiger charge is -2.29. The van der Waals surface area contributed by atoms with Crippen LogP contribution in [0.25, 0.3) is 10.8 Å². The molecule has 2 aromatic carbocycles. The van der Waals surface area contributed by atoms with E-state index in [1.165, 1.54) is 62.7 Å². The third-order valence-corrected chi connectivity index (χ3v) is 7.25. The molecule has 4 nitrogen and oxygen atoms in total. The maximum atomic E-state index is 12.8. The molecular formula is C25H33N3O. The fourth-order valence-electron chi connectivity index (χ4n) is 5.75. The Morgan fingerprint density at radius 3 is 2.55 bits per heavy atom. The molecule has 2 fully saturated rings. The average Bonchev–Trinajstić information content (AvgIpc) is 2.89. The SMILES string of the molecule is CCN1C(=O)c2cccc3c(N4CCCN(CC5CCCCC5)CC4)ccc1c23. The predicted octanol–water partition coefficient (Wildman–Crippen LogP) is 4.91. The van der Waals surface area contributed by atoms with Gasteiger partial charge in [-0.25, -0.2) is 0 Å². The Bertz CT molecular complexity index is 902. The van der Waals surface area contributed by atoms with Crippen LogP contribution in [0.1, 0.15) is 55.8 Å². The molecule has 0 N–H and O–H groups in total. The lowest BCUT2D eigenvalue weighted by atomic mass is 9.89. The van der Waals surface area contributed by atoms with Gasteiger partial charge in [0.05, 0.1) is 5.69 Å². The number of hydrogen-bond donors (Lipinski definition) is 0. The van der Waals surface area contributed by atoms with Crippen molar-refractivity contribution in [2.45, 2.75) is 45.4 Å². The molecule has 2 aliphatic heterocycles. The van der Waals surface area contributed by atoms with Gasteiger partial charge in [0.1, 0.15) is 0 Å². The smallest absolute Gasteiger partial charge is 0.258 e. The number of hydrogen-bond acceptors (Lipinski definition) is 3. The minimum atomic E-state index is 0.153. The van der Waals surface area contributed by atoms with E-state index < -0.39 is 0 Å². The highest BCUT2D eigenvalue weighted by Gasteiger charge is 2.30. The Labute approximate surface area is 174 Å². The molecule has 0 unspecified atom stereocenters. The second-order valence-electron chi connectivity index (χ2n) is 9.03. The van der Waals surface area contributed by atoms with Crippen molar-refractivity contribution in [3.8, 4) is 0 Å². The quantitative estimate of drug-likeness (QED) is 0.741. The van der Waals surface area contributed by atoms with Crippen LogP contribution in [0.5, 0.6) is 0 Å². The van der Waals surface area contributed by atoms with Crippen LogP contribution in [0.4, 0.5) is 11.4 Å². The van der Waals surface area contributed by atoms with Gasteiger partial charge in [-0.1, -0.05) is 31.4 Å². The predicted molar refractivity (Wildman–Crippen MR) is 121 cm³/mol. The van der Waals surface area contributed by atoms with E-state index in [9.17, 15) is 4.79 Å². The zero-order valence-corrected chi connectivity index (χ0v) is 17.7. The van der Waals surface area contributed by atoms with Gasteiger partial charge < -0.3 is 14.7 Å². The summed E-state index contributed by atoms with van der Waals surface area (Å²) >= 11 is 0. The van der Waals surface area contributed by atoms with Gasteiger partial charge in [-0.15, -0.1) is 0 Å². The first-order valence-electron chi connectivity index (χ1n) is 11.6. The Kier molecular flexibility index (Phi) is 5.21. The molecule has 1 saturated heterocycles. The molecule has 5 rings (SSSR count). The van der Waals surface area contributed by atoms with Crippen LogP contribution < -0.4 is 9.80 Å². The molecule has 1 saturated carbocycles. The van der Waals surface area contributed by atoms with Gasteiger partial charge in [-0.3, -0.25) is 4.79 Å². The minimum Gasteiger partial charge on any atom is -0.370 e. The summed E-state index contributed by atoms with van der Waals surface area (Å²) in [5.41, 5.74) is 3.26. The topological polar surface area (TPSA) is 26.8 Å². The molecule has 0 aromatic heterocycles. The second kappa shape index (κ2) is 7.98. The number of carbonyl (C=O) groups is 1. The number of nitrogens with zero attached hydrogens (tertiary/aromatic N) is 3. The number of benzene rings is 2. The average molecular weight is 392 g/mol. The fourth-order valence-corrected chi connectivity index (χ4v) is 5.75. The van der Waals surface area contributed by atoms with E-state index in [1.807, 2.05) is 11.0 Å². The van der Waals surface area contributed by atoms with Crippen LogP contribution in [0.15, 0.2) is 30.3 Å². The number of anilines is 2. The van der Waals surface area contributed by atoms with Crippen LogP contribution in [0.2, 0.25) is 0 Å². The number of carbonyl (C=O) groups excluding carboxylic acids is 1. The van der Waals surface area contributed by atoms with Gasteiger partial charge in [-0.2, -0.15) is 0 Å². The van der Waals surface area contributed by atoms with Crippen LogP contribution >= 0.6 is 0 Å². The Morgan fingerprint density at radius 1 is 0.897 bits per heavy atom. The van der Waals surface area contributed by atoms with Crippen LogP contribution in [0.3, 0.4) is 0 Å². The van der Waals surface area contributed by atoms with E-state index in [0.29, 0.717) is 0 Å². The van der Waals surface area contributed by atoms with Gasteiger partial charge in [0.25, 0.3) is 5.91 Å². The van der Waals surface area contributed by atoms with Crippen molar-refractivity contribution < 1.29 is 4.79 Å². The van der Waals surface area contributed by atoms with Crippen molar-refractivity contribution in [3.05, 3.63) is 35.9 Å². The molecule has 3 aliphatic rings. The van der Waals surface area contributed by atoms with Crippen molar-refractivity contribution in [2.75, 3.05) is 49.1 Å². The van der Waals surface area contributed by atoms with E-state index >= 15 is 0 Å². The summed E-state index contributed by atoms with van der Waals surface area (Å²) in [6.07, 6.45) is 8.37. The van der Waals surface area contributed by atoms with E-state index in [1.54, 1.807) is 0 Å². The molecule has 1 amide bonds. The summed E-state index contributed by atoms with van der Waals surface area (Å²) in [7, 11) is 0. The lowest BCUT2D eigenvalue weighted by molar-refractivity contribution is 0.0994. The maximum Gasteiger partial charge on any atom is 0.258 e.